The number of pyridine rings is 1. The van der Waals surface area contributed by atoms with E-state index in [4.69, 9.17) is 5.10 Å². The third-order valence-corrected chi connectivity index (χ3v) is 7.78. The largest absolute Gasteiger partial charge is 0.338 e. The molecule has 1 unspecified atom stereocenters. The molecule has 0 bridgehead atoms. The molecule has 0 radical (unpaired) electrons. The van der Waals surface area contributed by atoms with E-state index in [2.05, 4.69) is 22.5 Å². The molecule has 1 aromatic carbocycles. The third-order valence-electron chi connectivity index (χ3n) is 7.78. The van der Waals surface area contributed by atoms with Gasteiger partial charge in [0.05, 0.1) is 11.6 Å². The van der Waals surface area contributed by atoms with E-state index in [1.54, 1.807) is 18.3 Å². The van der Waals surface area contributed by atoms with E-state index in [0.29, 0.717) is 41.3 Å². The van der Waals surface area contributed by atoms with Gasteiger partial charge in [0.15, 0.2) is 5.82 Å². The Morgan fingerprint density at radius 2 is 2.00 bits per heavy atom. The van der Waals surface area contributed by atoms with Crippen molar-refractivity contribution in [2.24, 2.45) is 5.92 Å². The smallest absolute Gasteiger partial charge is 0.295 e. The third kappa shape index (κ3) is 2.59. The first-order valence-electron chi connectivity index (χ1n) is 11.6. The Morgan fingerprint density at radius 1 is 1.16 bits per heavy atom. The predicted molar refractivity (Wildman–Crippen MR) is 120 cm³/mol. The highest BCUT2D eigenvalue weighted by Crippen LogP contribution is 2.61. The fourth-order valence-corrected chi connectivity index (χ4v) is 6.07. The van der Waals surface area contributed by atoms with E-state index in [-0.39, 0.29) is 17.2 Å². The van der Waals surface area contributed by atoms with Crippen LogP contribution in [0.2, 0.25) is 0 Å². The van der Waals surface area contributed by atoms with Crippen LogP contribution >= 0.6 is 0 Å². The number of H-pyrrole nitrogens is 1. The molecule has 168 valence electrons. The summed E-state index contributed by atoms with van der Waals surface area (Å²) in [6, 6.07) is 7.18. The number of aromatic nitrogens is 3. The maximum absolute atomic E-state index is 15.1. The number of benzene rings is 1. The minimum absolute atomic E-state index is 0.0513. The second-order valence-corrected chi connectivity index (χ2v) is 9.58. The average Bonchev–Trinajstić information content (AvgIpc) is 3.42. The summed E-state index contributed by atoms with van der Waals surface area (Å²) in [4.78, 5) is 15.4. The first-order chi connectivity index (χ1) is 15.4. The van der Waals surface area contributed by atoms with Crippen LogP contribution in [-0.4, -0.2) is 21.3 Å². The van der Waals surface area contributed by atoms with Crippen LogP contribution in [0, 0.1) is 5.92 Å². The van der Waals surface area contributed by atoms with Crippen molar-refractivity contribution < 1.29 is 8.78 Å². The zero-order valence-electron chi connectivity index (χ0n) is 18.0. The molecule has 2 aliphatic carbocycles. The molecule has 3 aromatic rings. The highest BCUT2D eigenvalue weighted by atomic mass is 19.3. The molecule has 1 spiro atoms. The summed E-state index contributed by atoms with van der Waals surface area (Å²) in [5.41, 5.74) is 0.568. The SMILES string of the molecule is C[C@H]1CCCC[C@@H]1n1nc(Nc2ccc3c(c2)C(F)(F)C32CCCN2)c2c(=O)[nH]ccc21. The summed E-state index contributed by atoms with van der Waals surface area (Å²) >= 11 is 0. The minimum atomic E-state index is -2.91. The Morgan fingerprint density at radius 3 is 2.78 bits per heavy atom. The highest BCUT2D eigenvalue weighted by Gasteiger charge is 2.66. The van der Waals surface area contributed by atoms with Gasteiger partial charge in [0.1, 0.15) is 10.9 Å². The van der Waals surface area contributed by atoms with E-state index < -0.39 is 11.5 Å². The van der Waals surface area contributed by atoms with E-state index >= 15 is 8.78 Å². The van der Waals surface area contributed by atoms with E-state index in [9.17, 15) is 4.79 Å². The minimum Gasteiger partial charge on any atom is -0.338 e. The number of nitrogens with zero attached hydrogens (tertiary/aromatic N) is 2. The molecule has 8 heteroatoms. The number of anilines is 2. The lowest BCUT2D eigenvalue weighted by Gasteiger charge is -2.48. The maximum Gasteiger partial charge on any atom is 0.295 e. The van der Waals surface area contributed by atoms with Gasteiger partial charge in [-0.2, -0.15) is 13.9 Å². The Hall–Kier alpha value is -2.74. The van der Waals surface area contributed by atoms with Crippen LogP contribution < -0.4 is 16.2 Å². The molecule has 6 nitrogen and oxygen atoms in total. The molecule has 3 atom stereocenters. The summed E-state index contributed by atoms with van der Waals surface area (Å²) < 4.78 is 32.1. The molecule has 1 aliphatic heterocycles. The molecule has 0 amide bonds. The topological polar surface area (TPSA) is 74.7 Å². The molecule has 1 saturated carbocycles. The zero-order valence-corrected chi connectivity index (χ0v) is 18.0. The summed E-state index contributed by atoms with van der Waals surface area (Å²) in [7, 11) is 0. The fraction of sp³-hybridized carbons (Fsp3) is 0.500. The lowest BCUT2D eigenvalue weighted by molar-refractivity contribution is -0.127. The van der Waals surface area contributed by atoms with Gasteiger partial charge in [-0.1, -0.05) is 25.8 Å². The van der Waals surface area contributed by atoms with Crippen LogP contribution in [0.1, 0.15) is 62.6 Å². The van der Waals surface area contributed by atoms with Crippen LogP contribution in [0.4, 0.5) is 20.3 Å². The number of aromatic amines is 1. The Bertz CT molecular complexity index is 1260. The zero-order chi connectivity index (χ0) is 22.1. The highest BCUT2D eigenvalue weighted by molar-refractivity contribution is 5.91. The predicted octanol–water partition coefficient (Wildman–Crippen LogP) is 4.90. The first kappa shape index (κ1) is 19.9. The Labute approximate surface area is 184 Å². The van der Waals surface area contributed by atoms with Crippen LogP contribution in [0.3, 0.4) is 0 Å². The fourth-order valence-electron chi connectivity index (χ4n) is 6.07. The van der Waals surface area contributed by atoms with Crippen molar-refractivity contribution in [3.8, 4) is 0 Å². The van der Waals surface area contributed by atoms with Gasteiger partial charge >= 0.3 is 0 Å². The molecular formula is C24H27F2N5O. The van der Waals surface area contributed by atoms with Crippen molar-refractivity contribution in [2.45, 2.75) is 63.0 Å². The molecule has 3 heterocycles. The van der Waals surface area contributed by atoms with Crippen molar-refractivity contribution in [1.29, 1.82) is 0 Å². The van der Waals surface area contributed by atoms with Crippen molar-refractivity contribution in [3.05, 3.63) is 51.9 Å². The number of rotatable bonds is 3. The van der Waals surface area contributed by atoms with Crippen molar-refractivity contribution in [1.82, 2.24) is 20.1 Å². The number of hydrogen-bond acceptors (Lipinski definition) is 4. The summed E-state index contributed by atoms with van der Waals surface area (Å²) in [6.45, 7) is 2.84. The molecule has 2 fully saturated rings. The summed E-state index contributed by atoms with van der Waals surface area (Å²) in [5, 5.41) is 11.5. The summed E-state index contributed by atoms with van der Waals surface area (Å²) in [6.07, 6.45) is 7.34. The lowest BCUT2D eigenvalue weighted by Crippen LogP contribution is -2.59. The van der Waals surface area contributed by atoms with Crippen LogP contribution in [0.25, 0.3) is 10.9 Å². The second-order valence-electron chi connectivity index (χ2n) is 9.58. The van der Waals surface area contributed by atoms with E-state index in [1.807, 2.05) is 10.7 Å². The Kier molecular flexibility index (Phi) is 4.28. The van der Waals surface area contributed by atoms with Crippen LogP contribution in [-0.2, 0) is 11.5 Å². The Balaban J connectivity index is 1.40. The second kappa shape index (κ2) is 6.88. The molecule has 2 aromatic heterocycles. The number of fused-ring (bicyclic) bond motifs is 3. The van der Waals surface area contributed by atoms with Gasteiger partial charge in [-0.25, -0.2) is 0 Å². The van der Waals surface area contributed by atoms with Gasteiger partial charge in [-0.05, 0) is 61.9 Å². The quantitative estimate of drug-likeness (QED) is 0.543. The van der Waals surface area contributed by atoms with E-state index in [1.165, 1.54) is 12.5 Å². The molecule has 6 rings (SSSR count). The normalized spacial score (nSPS) is 28.6. The van der Waals surface area contributed by atoms with Crippen LogP contribution in [0.15, 0.2) is 35.3 Å². The van der Waals surface area contributed by atoms with Gasteiger partial charge in [0, 0.05) is 17.4 Å². The molecule has 1 saturated heterocycles. The number of hydrogen-bond donors (Lipinski definition) is 3. The first-order valence-corrected chi connectivity index (χ1v) is 11.6. The van der Waals surface area contributed by atoms with Gasteiger partial charge in [-0.3, -0.25) is 9.48 Å². The van der Waals surface area contributed by atoms with Crippen LogP contribution in [0.5, 0.6) is 0 Å². The van der Waals surface area contributed by atoms with Gasteiger partial charge in [0.2, 0.25) is 0 Å². The molecular weight excluding hydrogens is 412 g/mol. The molecule has 3 N–H and O–H groups in total. The maximum atomic E-state index is 15.1. The van der Waals surface area contributed by atoms with Gasteiger partial charge in [0.25, 0.3) is 11.5 Å². The number of halogens is 2. The number of nitrogens with one attached hydrogen (secondary N) is 3. The van der Waals surface area contributed by atoms with Crippen molar-refractivity contribution >= 4 is 22.4 Å². The average molecular weight is 440 g/mol. The standard InChI is InChI=1S/C24H27F2N5O/c1-14-5-2-3-6-18(14)31-19-9-12-27-22(32)20(19)21(30-31)29-15-7-8-16-17(13-15)24(25,26)23(16)10-4-11-28-23/h7-9,12-14,18,28H,2-6,10-11H2,1H3,(H,27,32)(H,29,30)/t14-,18-,23?/m0/s1. The number of alkyl halides is 2. The van der Waals surface area contributed by atoms with Gasteiger partial charge in [-0.15, -0.1) is 0 Å². The van der Waals surface area contributed by atoms with Gasteiger partial charge < -0.3 is 15.6 Å². The monoisotopic (exact) mass is 439 g/mol. The van der Waals surface area contributed by atoms with Crippen molar-refractivity contribution in [3.63, 3.8) is 0 Å². The van der Waals surface area contributed by atoms with Crippen molar-refractivity contribution in [2.75, 3.05) is 11.9 Å². The van der Waals surface area contributed by atoms with E-state index in [0.717, 1.165) is 31.2 Å². The lowest BCUT2D eigenvalue weighted by atomic mass is 9.66. The molecule has 3 aliphatic rings. The summed E-state index contributed by atoms with van der Waals surface area (Å²) in [5.74, 6) is -2.03. The molecule has 32 heavy (non-hydrogen) atoms.